The van der Waals surface area contributed by atoms with Crippen LogP contribution in [-0.2, 0) is 6.42 Å². The van der Waals surface area contributed by atoms with E-state index in [0.717, 1.165) is 6.42 Å². The largest absolute Gasteiger partial charge is 0.349 e. The highest BCUT2D eigenvalue weighted by atomic mass is 79.9. The average molecular weight is 342 g/mol. The highest BCUT2D eigenvalue weighted by Crippen LogP contribution is 2.17. The molecule has 1 atom stereocenters. The monoisotopic (exact) mass is 341 g/mol. The van der Waals surface area contributed by atoms with Crippen LogP contribution in [0, 0.1) is 5.82 Å². The predicted molar refractivity (Wildman–Crippen MR) is 79.1 cm³/mol. The van der Waals surface area contributed by atoms with Crippen LogP contribution < -0.4 is 5.32 Å². The Labute approximate surface area is 123 Å². The Kier molecular flexibility index (Phi) is 4.71. The maximum Gasteiger partial charge on any atom is 0.251 e. The minimum absolute atomic E-state index is 0.0370. The maximum absolute atomic E-state index is 13.1. The number of carbonyl (C=O) groups is 1. The van der Waals surface area contributed by atoms with Gasteiger partial charge in [-0.05, 0) is 52.5 Å². The molecule has 19 heavy (non-hydrogen) atoms. The normalized spacial score (nSPS) is 12.2. The lowest BCUT2D eigenvalue weighted by Gasteiger charge is -2.13. The molecule has 0 bridgehead atoms. The molecule has 0 saturated carbocycles. The molecular weight excluding hydrogens is 329 g/mol. The van der Waals surface area contributed by atoms with E-state index >= 15 is 0 Å². The first-order valence-electron chi connectivity index (χ1n) is 5.84. The number of nitrogens with one attached hydrogen (secondary N) is 1. The summed E-state index contributed by atoms with van der Waals surface area (Å²) in [5, 5.41) is 4.92. The Bertz CT molecular complexity index is 571. The third-order valence-corrected chi connectivity index (χ3v) is 4.15. The minimum Gasteiger partial charge on any atom is -0.349 e. The number of benzene rings is 1. The van der Waals surface area contributed by atoms with Crippen LogP contribution in [0.4, 0.5) is 4.39 Å². The number of hydrogen-bond donors (Lipinski definition) is 1. The molecule has 0 saturated heterocycles. The van der Waals surface area contributed by atoms with Crippen molar-refractivity contribution in [3.05, 3.63) is 56.4 Å². The molecule has 2 rings (SSSR count). The third-order valence-electron chi connectivity index (χ3n) is 2.65. The zero-order chi connectivity index (χ0) is 13.8. The molecule has 1 unspecified atom stereocenters. The van der Waals surface area contributed by atoms with Gasteiger partial charge in [0.05, 0.1) is 4.47 Å². The van der Waals surface area contributed by atoms with E-state index in [9.17, 15) is 9.18 Å². The topological polar surface area (TPSA) is 29.1 Å². The van der Waals surface area contributed by atoms with Crippen LogP contribution in [0.5, 0.6) is 0 Å². The van der Waals surface area contributed by atoms with Gasteiger partial charge in [-0.3, -0.25) is 4.79 Å². The molecule has 5 heteroatoms. The van der Waals surface area contributed by atoms with Crippen LogP contribution in [0.15, 0.2) is 40.2 Å². The smallest absolute Gasteiger partial charge is 0.251 e. The van der Waals surface area contributed by atoms with Crippen molar-refractivity contribution >= 4 is 33.2 Å². The van der Waals surface area contributed by atoms with Crippen LogP contribution in [0.3, 0.4) is 0 Å². The molecule has 1 amide bonds. The molecule has 1 aromatic carbocycles. The summed E-state index contributed by atoms with van der Waals surface area (Å²) in [6.45, 7) is 1.95. The number of rotatable bonds is 4. The summed E-state index contributed by atoms with van der Waals surface area (Å²) in [5.74, 6) is -0.562. The fourth-order valence-electron chi connectivity index (χ4n) is 1.73. The fourth-order valence-corrected chi connectivity index (χ4v) is 2.94. The Morgan fingerprint density at radius 1 is 1.47 bits per heavy atom. The zero-order valence-electron chi connectivity index (χ0n) is 10.3. The second-order valence-corrected chi connectivity index (χ2v) is 6.17. The van der Waals surface area contributed by atoms with Crippen LogP contribution >= 0.6 is 27.3 Å². The molecule has 1 aromatic heterocycles. The lowest BCUT2D eigenvalue weighted by atomic mass is 10.1. The minimum atomic E-state index is -0.372. The van der Waals surface area contributed by atoms with Crippen LogP contribution in [0.2, 0.25) is 0 Å². The molecule has 1 N–H and O–H groups in total. The first-order valence-corrected chi connectivity index (χ1v) is 7.52. The van der Waals surface area contributed by atoms with E-state index in [1.807, 2.05) is 24.4 Å². The van der Waals surface area contributed by atoms with Crippen molar-refractivity contribution in [1.82, 2.24) is 5.32 Å². The standard InChI is InChI=1S/C14H13BrFNOS/c1-9(7-11-3-2-6-19-11)17-14(18)10-4-5-13(16)12(15)8-10/h2-6,8-9H,7H2,1H3,(H,17,18). The number of hydrogen-bond acceptors (Lipinski definition) is 2. The van der Waals surface area contributed by atoms with Gasteiger partial charge in [0.25, 0.3) is 5.91 Å². The summed E-state index contributed by atoms with van der Waals surface area (Å²) in [6.07, 6.45) is 0.797. The van der Waals surface area contributed by atoms with Crippen LogP contribution in [0.1, 0.15) is 22.2 Å². The zero-order valence-corrected chi connectivity index (χ0v) is 12.7. The predicted octanol–water partition coefficient (Wildman–Crippen LogP) is 4.01. The summed E-state index contributed by atoms with van der Waals surface area (Å²) in [6, 6.07) is 8.32. The van der Waals surface area contributed by atoms with Crippen molar-refractivity contribution in [2.24, 2.45) is 0 Å². The van der Waals surface area contributed by atoms with E-state index in [1.165, 1.54) is 23.1 Å². The van der Waals surface area contributed by atoms with Crippen LogP contribution in [0.25, 0.3) is 0 Å². The number of carbonyl (C=O) groups excluding carboxylic acids is 1. The van der Waals surface area contributed by atoms with Gasteiger partial charge in [-0.2, -0.15) is 0 Å². The van der Waals surface area contributed by atoms with Gasteiger partial charge in [0.1, 0.15) is 5.82 Å². The lowest BCUT2D eigenvalue weighted by molar-refractivity contribution is 0.0940. The third kappa shape index (κ3) is 3.88. The molecule has 2 nitrogen and oxygen atoms in total. The Morgan fingerprint density at radius 2 is 2.26 bits per heavy atom. The van der Waals surface area contributed by atoms with Gasteiger partial charge in [-0.15, -0.1) is 11.3 Å². The molecule has 0 spiro atoms. The van der Waals surface area contributed by atoms with E-state index in [4.69, 9.17) is 0 Å². The van der Waals surface area contributed by atoms with Gasteiger partial charge in [0, 0.05) is 22.9 Å². The Morgan fingerprint density at radius 3 is 2.89 bits per heavy atom. The van der Waals surface area contributed by atoms with Crippen molar-refractivity contribution in [3.63, 3.8) is 0 Å². The molecule has 0 radical (unpaired) electrons. The van der Waals surface area contributed by atoms with Gasteiger partial charge in [0.15, 0.2) is 0 Å². The first kappa shape index (κ1) is 14.2. The molecule has 2 aromatic rings. The Hall–Kier alpha value is -1.20. The average Bonchev–Trinajstić information content (AvgIpc) is 2.85. The highest BCUT2D eigenvalue weighted by Gasteiger charge is 2.12. The number of halogens is 2. The molecular formula is C14H13BrFNOS. The molecule has 100 valence electrons. The van der Waals surface area contributed by atoms with Gasteiger partial charge >= 0.3 is 0 Å². The van der Waals surface area contributed by atoms with Crippen molar-refractivity contribution < 1.29 is 9.18 Å². The summed E-state index contributed by atoms with van der Waals surface area (Å²) >= 11 is 4.75. The molecule has 0 aliphatic heterocycles. The van der Waals surface area contributed by atoms with Gasteiger partial charge < -0.3 is 5.32 Å². The maximum atomic E-state index is 13.1. The van der Waals surface area contributed by atoms with E-state index < -0.39 is 0 Å². The SMILES string of the molecule is CC(Cc1cccs1)NC(=O)c1ccc(F)c(Br)c1. The van der Waals surface area contributed by atoms with E-state index in [2.05, 4.69) is 21.2 Å². The van der Waals surface area contributed by atoms with Crippen molar-refractivity contribution in [3.8, 4) is 0 Å². The summed E-state index contributed by atoms with van der Waals surface area (Å²) in [7, 11) is 0. The van der Waals surface area contributed by atoms with Gasteiger partial charge in [-0.25, -0.2) is 4.39 Å². The second-order valence-electron chi connectivity index (χ2n) is 4.29. The second kappa shape index (κ2) is 6.30. The number of amides is 1. The van der Waals surface area contributed by atoms with Gasteiger partial charge in [0.2, 0.25) is 0 Å². The van der Waals surface area contributed by atoms with Crippen molar-refractivity contribution in [2.45, 2.75) is 19.4 Å². The van der Waals surface area contributed by atoms with Crippen LogP contribution in [-0.4, -0.2) is 11.9 Å². The summed E-state index contributed by atoms with van der Waals surface area (Å²) in [4.78, 5) is 13.2. The summed E-state index contributed by atoms with van der Waals surface area (Å²) in [5.41, 5.74) is 0.450. The quantitative estimate of drug-likeness (QED) is 0.894. The molecule has 0 aliphatic carbocycles. The van der Waals surface area contributed by atoms with Crippen molar-refractivity contribution in [2.75, 3.05) is 0 Å². The van der Waals surface area contributed by atoms with E-state index in [-0.39, 0.29) is 17.8 Å². The highest BCUT2D eigenvalue weighted by molar-refractivity contribution is 9.10. The van der Waals surface area contributed by atoms with Gasteiger partial charge in [-0.1, -0.05) is 6.07 Å². The van der Waals surface area contributed by atoms with Crippen molar-refractivity contribution in [1.29, 1.82) is 0 Å². The van der Waals surface area contributed by atoms with E-state index in [1.54, 1.807) is 11.3 Å². The Balaban J connectivity index is 1.98. The van der Waals surface area contributed by atoms with E-state index in [0.29, 0.717) is 10.0 Å². The first-order chi connectivity index (χ1) is 9.06. The fraction of sp³-hybridized carbons (Fsp3) is 0.214. The number of thiophene rings is 1. The molecule has 1 heterocycles. The molecule has 0 aliphatic rings. The molecule has 0 fully saturated rings. The lowest BCUT2D eigenvalue weighted by Crippen LogP contribution is -2.33. The summed E-state index contributed by atoms with van der Waals surface area (Å²) < 4.78 is 13.4.